The summed E-state index contributed by atoms with van der Waals surface area (Å²) in [5.41, 5.74) is 1.69. The zero-order chi connectivity index (χ0) is 8.55. The highest BCUT2D eigenvalue weighted by Gasteiger charge is 2.24. The van der Waals surface area contributed by atoms with E-state index < -0.39 is 0 Å². The van der Waals surface area contributed by atoms with E-state index in [0.29, 0.717) is 6.42 Å². The summed E-state index contributed by atoms with van der Waals surface area (Å²) in [6, 6.07) is 0. The molecule has 1 N–H and O–H groups in total. The van der Waals surface area contributed by atoms with Crippen molar-refractivity contribution in [1.82, 2.24) is 5.32 Å². The average molecular weight is 163 g/mol. The summed E-state index contributed by atoms with van der Waals surface area (Å²) in [4.78, 5) is 22.1. The second kappa shape index (κ2) is 2.59. The molecule has 0 radical (unpaired) electrons. The van der Waals surface area contributed by atoms with Crippen LogP contribution >= 0.6 is 0 Å². The molecule has 0 spiro atoms. The second-order valence-electron chi connectivity index (χ2n) is 3.00. The fourth-order valence-corrected chi connectivity index (χ4v) is 1.56. The normalized spacial score (nSPS) is 22.3. The molecule has 3 heteroatoms. The predicted molar refractivity (Wildman–Crippen MR) is 43.2 cm³/mol. The van der Waals surface area contributed by atoms with Crippen molar-refractivity contribution in [2.75, 3.05) is 0 Å². The highest BCUT2D eigenvalue weighted by atomic mass is 16.2. The highest BCUT2D eigenvalue weighted by Crippen LogP contribution is 2.24. The third-order valence-corrected chi connectivity index (χ3v) is 2.15. The molecule has 0 aromatic rings. The topological polar surface area (TPSA) is 46.2 Å². The van der Waals surface area contributed by atoms with Crippen LogP contribution in [0.1, 0.15) is 19.3 Å². The summed E-state index contributed by atoms with van der Waals surface area (Å²) < 4.78 is 0. The molecule has 2 aliphatic rings. The summed E-state index contributed by atoms with van der Waals surface area (Å²) in [6.45, 7) is 0. The Bertz CT molecular complexity index is 312. The van der Waals surface area contributed by atoms with Gasteiger partial charge in [-0.15, -0.1) is 0 Å². The van der Waals surface area contributed by atoms with Crippen LogP contribution in [0, 0.1) is 0 Å². The smallest absolute Gasteiger partial charge is 0.254 e. The summed E-state index contributed by atoms with van der Waals surface area (Å²) in [5.74, 6) is -0.393. The van der Waals surface area contributed by atoms with Crippen LogP contribution < -0.4 is 5.32 Å². The monoisotopic (exact) mass is 163 g/mol. The minimum atomic E-state index is -0.203. The van der Waals surface area contributed by atoms with Crippen LogP contribution in [0.25, 0.3) is 0 Å². The number of hydrogen-bond donors (Lipinski definition) is 1. The maximum Gasteiger partial charge on any atom is 0.254 e. The number of carbonyl (C=O) groups is 2. The minimum Gasteiger partial charge on any atom is -0.292 e. The van der Waals surface area contributed by atoms with E-state index in [-0.39, 0.29) is 11.8 Å². The van der Waals surface area contributed by atoms with Gasteiger partial charge in [0, 0.05) is 5.57 Å². The molecular formula is C9H9NO2. The van der Waals surface area contributed by atoms with E-state index in [9.17, 15) is 9.59 Å². The molecule has 0 aromatic carbocycles. The van der Waals surface area contributed by atoms with Gasteiger partial charge in [-0.05, 0) is 18.4 Å². The molecule has 2 rings (SSSR count). The molecular weight excluding hydrogens is 154 g/mol. The van der Waals surface area contributed by atoms with Gasteiger partial charge < -0.3 is 0 Å². The zero-order valence-electron chi connectivity index (χ0n) is 6.59. The Morgan fingerprint density at radius 3 is 3.00 bits per heavy atom. The largest absolute Gasteiger partial charge is 0.292 e. The van der Waals surface area contributed by atoms with E-state index in [1.807, 2.05) is 12.2 Å². The van der Waals surface area contributed by atoms with Crippen LogP contribution in [0.15, 0.2) is 23.3 Å². The first-order chi connectivity index (χ1) is 5.77. The maximum atomic E-state index is 11.2. The molecule has 1 aliphatic heterocycles. The molecule has 0 saturated carbocycles. The second-order valence-corrected chi connectivity index (χ2v) is 3.00. The van der Waals surface area contributed by atoms with Crippen molar-refractivity contribution in [2.24, 2.45) is 0 Å². The number of imide groups is 1. The van der Waals surface area contributed by atoms with Crippen molar-refractivity contribution < 1.29 is 9.59 Å². The van der Waals surface area contributed by atoms with Gasteiger partial charge in [-0.2, -0.15) is 0 Å². The Labute approximate surface area is 70.1 Å². The van der Waals surface area contributed by atoms with E-state index in [2.05, 4.69) is 5.32 Å². The molecule has 0 unspecified atom stereocenters. The Balaban J connectivity index is 2.39. The van der Waals surface area contributed by atoms with Crippen molar-refractivity contribution in [2.45, 2.75) is 19.3 Å². The number of allylic oxidation sites excluding steroid dienone is 2. The molecule has 0 atom stereocenters. The summed E-state index contributed by atoms with van der Waals surface area (Å²) in [7, 11) is 0. The van der Waals surface area contributed by atoms with Gasteiger partial charge >= 0.3 is 0 Å². The van der Waals surface area contributed by atoms with Crippen LogP contribution in [0.5, 0.6) is 0 Å². The molecule has 12 heavy (non-hydrogen) atoms. The number of hydrogen-bond acceptors (Lipinski definition) is 2. The van der Waals surface area contributed by atoms with Crippen molar-refractivity contribution in [3.8, 4) is 0 Å². The van der Waals surface area contributed by atoms with Crippen LogP contribution in [0.2, 0.25) is 0 Å². The van der Waals surface area contributed by atoms with Gasteiger partial charge in [0.2, 0.25) is 5.91 Å². The lowest BCUT2D eigenvalue weighted by molar-refractivity contribution is -0.129. The van der Waals surface area contributed by atoms with Crippen LogP contribution in [-0.2, 0) is 9.59 Å². The van der Waals surface area contributed by atoms with Crippen molar-refractivity contribution in [1.29, 1.82) is 0 Å². The first-order valence-electron chi connectivity index (χ1n) is 4.00. The van der Waals surface area contributed by atoms with E-state index in [4.69, 9.17) is 0 Å². The van der Waals surface area contributed by atoms with E-state index in [1.54, 1.807) is 0 Å². The third kappa shape index (κ3) is 1.07. The van der Waals surface area contributed by atoms with Crippen LogP contribution in [-0.4, -0.2) is 11.8 Å². The average Bonchev–Trinajstić information content (AvgIpc) is 2.04. The summed E-state index contributed by atoms with van der Waals surface area (Å²) >= 11 is 0. The van der Waals surface area contributed by atoms with E-state index >= 15 is 0 Å². The first-order valence-corrected chi connectivity index (χ1v) is 4.00. The van der Waals surface area contributed by atoms with Gasteiger partial charge in [-0.3, -0.25) is 14.9 Å². The van der Waals surface area contributed by atoms with Crippen LogP contribution in [0.4, 0.5) is 0 Å². The minimum absolute atomic E-state index is 0.190. The molecule has 62 valence electrons. The number of amides is 2. The molecule has 0 aromatic heterocycles. The van der Waals surface area contributed by atoms with Crippen molar-refractivity contribution in [3.05, 3.63) is 23.3 Å². The Morgan fingerprint density at radius 1 is 1.33 bits per heavy atom. The molecule has 3 nitrogen and oxygen atoms in total. The van der Waals surface area contributed by atoms with Gasteiger partial charge in [0.05, 0.1) is 6.42 Å². The lowest BCUT2D eigenvalue weighted by Crippen LogP contribution is -2.36. The third-order valence-electron chi connectivity index (χ3n) is 2.15. The Kier molecular flexibility index (Phi) is 1.57. The van der Waals surface area contributed by atoms with Gasteiger partial charge in [0.15, 0.2) is 0 Å². The summed E-state index contributed by atoms with van der Waals surface area (Å²) in [5, 5.41) is 2.31. The molecule has 0 bridgehead atoms. The number of nitrogens with one attached hydrogen (secondary N) is 1. The van der Waals surface area contributed by atoms with E-state index in [1.165, 1.54) is 0 Å². The lowest BCUT2D eigenvalue weighted by atomic mass is 9.92. The highest BCUT2D eigenvalue weighted by molar-refractivity contribution is 6.09. The SMILES string of the molecule is O=C1CC2=C(CCC=C2)C(=O)N1. The number of rotatable bonds is 0. The maximum absolute atomic E-state index is 11.2. The van der Waals surface area contributed by atoms with Gasteiger partial charge in [-0.1, -0.05) is 12.2 Å². The fraction of sp³-hybridized carbons (Fsp3) is 0.333. The standard InChI is InChI=1S/C9H9NO2/c11-8-5-6-3-1-2-4-7(6)9(12)10-8/h1,3H,2,4-5H2,(H,10,11,12). The number of carbonyl (C=O) groups excluding carboxylic acids is 2. The fourth-order valence-electron chi connectivity index (χ4n) is 1.56. The van der Waals surface area contributed by atoms with Gasteiger partial charge in [0.1, 0.15) is 0 Å². The van der Waals surface area contributed by atoms with Crippen molar-refractivity contribution >= 4 is 11.8 Å². The zero-order valence-corrected chi connectivity index (χ0v) is 6.59. The predicted octanol–water partition coefficient (Wildman–Crippen LogP) is 0.679. The van der Waals surface area contributed by atoms with Crippen molar-refractivity contribution in [3.63, 3.8) is 0 Å². The van der Waals surface area contributed by atoms with Crippen LogP contribution in [0.3, 0.4) is 0 Å². The first kappa shape index (κ1) is 7.28. The quantitative estimate of drug-likeness (QED) is 0.534. The summed E-state index contributed by atoms with van der Waals surface area (Å²) in [6.07, 6.45) is 5.92. The van der Waals surface area contributed by atoms with E-state index in [0.717, 1.165) is 24.0 Å². The molecule has 1 aliphatic carbocycles. The Hall–Kier alpha value is -1.38. The molecule has 0 fully saturated rings. The molecule has 2 amide bonds. The molecule has 1 heterocycles. The lowest BCUT2D eigenvalue weighted by Gasteiger charge is -2.19. The van der Waals surface area contributed by atoms with Gasteiger partial charge in [-0.25, -0.2) is 0 Å². The van der Waals surface area contributed by atoms with Gasteiger partial charge in [0.25, 0.3) is 5.91 Å². The molecule has 0 saturated heterocycles. The Morgan fingerprint density at radius 2 is 2.17 bits per heavy atom.